The van der Waals surface area contributed by atoms with Crippen LogP contribution in [0.25, 0.3) is 16.8 Å². The van der Waals surface area contributed by atoms with Gasteiger partial charge in [0, 0.05) is 31.4 Å². The minimum Gasteiger partial charge on any atom is -0.492 e. The highest BCUT2D eigenvalue weighted by molar-refractivity contribution is 5.93. The van der Waals surface area contributed by atoms with Crippen LogP contribution in [0.15, 0.2) is 36.7 Å². The lowest BCUT2D eigenvalue weighted by atomic mass is 10.1. The molecule has 0 spiro atoms. The molecule has 1 aliphatic rings. The van der Waals surface area contributed by atoms with Crippen molar-refractivity contribution in [1.29, 1.82) is 0 Å². The fourth-order valence-electron chi connectivity index (χ4n) is 2.91. The average Bonchev–Trinajstić information content (AvgIpc) is 3.02. The van der Waals surface area contributed by atoms with Gasteiger partial charge in [0.05, 0.1) is 6.20 Å². The quantitative estimate of drug-likeness (QED) is 0.648. The van der Waals surface area contributed by atoms with Crippen LogP contribution in [0.2, 0.25) is 0 Å². The number of benzene rings is 1. The molecule has 2 aromatic heterocycles. The lowest BCUT2D eigenvalue weighted by molar-refractivity contribution is 0.0949. The lowest BCUT2D eigenvalue weighted by Gasteiger charge is -2.10. The average molecular weight is 337 g/mol. The highest BCUT2D eigenvalue weighted by atomic mass is 16.5. The summed E-state index contributed by atoms with van der Waals surface area (Å²) >= 11 is 0. The van der Waals surface area contributed by atoms with Crippen LogP contribution in [0.4, 0.5) is 0 Å². The van der Waals surface area contributed by atoms with Gasteiger partial charge in [-0.3, -0.25) is 4.79 Å². The minimum absolute atomic E-state index is 0.187. The molecule has 128 valence electrons. The third-order valence-corrected chi connectivity index (χ3v) is 4.10. The van der Waals surface area contributed by atoms with E-state index in [-0.39, 0.29) is 5.91 Å². The van der Waals surface area contributed by atoms with E-state index >= 15 is 0 Å². The summed E-state index contributed by atoms with van der Waals surface area (Å²) in [4.78, 5) is 16.8. The predicted molar refractivity (Wildman–Crippen MR) is 93.9 cm³/mol. The van der Waals surface area contributed by atoms with Gasteiger partial charge in [-0.2, -0.15) is 5.10 Å². The summed E-state index contributed by atoms with van der Waals surface area (Å²) in [6, 6.07) is 7.74. The van der Waals surface area contributed by atoms with Gasteiger partial charge in [0.15, 0.2) is 5.65 Å². The van der Waals surface area contributed by atoms with E-state index in [1.54, 1.807) is 23.0 Å². The summed E-state index contributed by atoms with van der Waals surface area (Å²) in [5.74, 6) is 0.629. The van der Waals surface area contributed by atoms with E-state index in [4.69, 9.17) is 4.74 Å². The Kier molecular flexibility index (Phi) is 4.07. The van der Waals surface area contributed by atoms with Crippen LogP contribution >= 0.6 is 0 Å². The zero-order valence-corrected chi connectivity index (χ0v) is 14.0. The number of rotatable bonds is 0. The molecule has 7 nitrogen and oxygen atoms in total. The number of hydrogen-bond acceptors (Lipinski definition) is 5. The van der Waals surface area contributed by atoms with E-state index in [0.717, 1.165) is 22.4 Å². The van der Waals surface area contributed by atoms with E-state index in [1.165, 1.54) is 0 Å². The summed E-state index contributed by atoms with van der Waals surface area (Å²) in [5.41, 5.74) is 3.97. The Hall–Kier alpha value is -2.93. The second-order valence-corrected chi connectivity index (χ2v) is 6.03. The molecule has 3 heterocycles. The number of amides is 1. The Morgan fingerprint density at radius 3 is 3.04 bits per heavy atom. The normalized spacial score (nSPS) is 15.3. The number of hydrogen-bond donors (Lipinski definition) is 2. The van der Waals surface area contributed by atoms with Crippen molar-refractivity contribution in [3.63, 3.8) is 0 Å². The first kappa shape index (κ1) is 15.6. The maximum Gasteiger partial charge on any atom is 0.270 e. The largest absolute Gasteiger partial charge is 0.492 e. The summed E-state index contributed by atoms with van der Waals surface area (Å²) in [6.07, 6.45) is 3.52. The summed E-state index contributed by atoms with van der Waals surface area (Å²) in [7, 11) is 0. The van der Waals surface area contributed by atoms with Crippen molar-refractivity contribution in [2.45, 2.75) is 6.92 Å². The molecule has 0 atom stereocenters. The van der Waals surface area contributed by atoms with Crippen molar-refractivity contribution in [3.8, 4) is 16.9 Å². The van der Waals surface area contributed by atoms with Gasteiger partial charge in [-0.15, -0.1) is 0 Å². The molecule has 2 N–H and O–H groups in total. The van der Waals surface area contributed by atoms with E-state index in [1.807, 2.05) is 19.1 Å². The Morgan fingerprint density at radius 2 is 2.12 bits per heavy atom. The highest BCUT2D eigenvalue weighted by Crippen LogP contribution is 2.28. The first-order chi connectivity index (χ1) is 12.2. The number of aromatic nitrogens is 3. The second-order valence-electron chi connectivity index (χ2n) is 6.03. The Morgan fingerprint density at radius 1 is 1.20 bits per heavy atom. The van der Waals surface area contributed by atoms with Crippen LogP contribution in [-0.2, 0) is 0 Å². The lowest BCUT2D eigenvalue weighted by Crippen LogP contribution is -2.33. The molecule has 1 aliphatic heterocycles. The van der Waals surface area contributed by atoms with Crippen LogP contribution in [0.3, 0.4) is 0 Å². The number of fused-ring (bicyclic) bond motifs is 4. The molecule has 0 unspecified atom stereocenters. The number of carbonyl (C=O) groups is 1. The molecular formula is C18H19N5O2. The molecule has 25 heavy (non-hydrogen) atoms. The van der Waals surface area contributed by atoms with Gasteiger partial charge in [-0.1, -0.05) is 6.07 Å². The summed E-state index contributed by atoms with van der Waals surface area (Å²) < 4.78 is 7.53. The molecule has 1 aromatic carbocycles. The first-order valence-electron chi connectivity index (χ1n) is 8.29. The van der Waals surface area contributed by atoms with E-state index in [2.05, 4.69) is 26.8 Å². The van der Waals surface area contributed by atoms with Crippen molar-refractivity contribution < 1.29 is 9.53 Å². The topological polar surface area (TPSA) is 80.6 Å². The van der Waals surface area contributed by atoms with Gasteiger partial charge >= 0.3 is 0 Å². The zero-order valence-electron chi connectivity index (χ0n) is 14.0. The first-order valence-corrected chi connectivity index (χ1v) is 8.29. The standard InChI is InChI=1S/C18H19N5O2/c1-12-8-13-10-14(9-12)25-7-5-19-3-4-20-18(24)16-2-6-23-17(22-16)15(13)11-21-23/h2,6,8-11,19H,3-5,7H2,1H3,(H,20,24). The molecule has 0 saturated carbocycles. The van der Waals surface area contributed by atoms with Crippen molar-refractivity contribution >= 4 is 11.6 Å². The molecular weight excluding hydrogens is 318 g/mol. The fourth-order valence-corrected chi connectivity index (χ4v) is 2.91. The Balaban J connectivity index is 1.85. The molecule has 0 radical (unpaired) electrons. The van der Waals surface area contributed by atoms with Gasteiger partial charge in [-0.25, -0.2) is 9.50 Å². The SMILES string of the molecule is Cc1cc2cc(c1)-c1cnn3ccc(nc13)C(=O)NCCNCCO2. The van der Waals surface area contributed by atoms with Crippen molar-refractivity contribution in [3.05, 3.63) is 47.9 Å². The summed E-state index contributed by atoms with van der Waals surface area (Å²) in [6.45, 7) is 4.51. The van der Waals surface area contributed by atoms with Gasteiger partial charge in [0.2, 0.25) is 0 Å². The number of carbonyl (C=O) groups excluding carboxylic acids is 1. The van der Waals surface area contributed by atoms with Gasteiger partial charge in [0.1, 0.15) is 18.1 Å². The van der Waals surface area contributed by atoms with Crippen LogP contribution in [0, 0.1) is 6.92 Å². The van der Waals surface area contributed by atoms with Crippen molar-refractivity contribution in [2.75, 3.05) is 26.2 Å². The van der Waals surface area contributed by atoms with E-state index in [9.17, 15) is 4.79 Å². The molecule has 4 rings (SSSR count). The maximum absolute atomic E-state index is 12.3. The Labute approximate surface area is 145 Å². The molecule has 7 heteroatoms. The van der Waals surface area contributed by atoms with Crippen molar-refractivity contribution in [1.82, 2.24) is 25.2 Å². The molecule has 3 aromatic rings. The van der Waals surface area contributed by atoms with Crippen LogP contribution in [0.1, 0.15) is 16.1 Å². The monoisotopic (exact) mass is 337 g/mol. The fraction of sp³-hybridized carbons (Fsp3) is 0.278. The van der Waals surface area contributed by atoms with E-state index < -0.39 is 0 Å². The number of nitrogens with one attached hydrogen (secondary N) is 2. The predicted octanol–water partition coefficient (Wildman–Crippen LogP) is 1.42. The Bertz CT molecular complexity index is 934. The van der Waals surface area contributed by atoms with Gasteiger partial charge in [0.25, 0.3) is 5.91 Å². The molecule has 0 fully saturated rings. The van der Waals surface area contributed by atoms with Crippen LogP contribution in [-0.4, -0.2) is 46.7 Å². The second kappa shape index (κ2) is 6.52. The van der Waals surface area contributed by atoms with Gasteiger partial charge < -0.3 is 15.4 Å². The zero-order chi connectivity index (χ0) is 17.2. The molecule has 0 aliphatic carbocycles. The van der Waals surface area contributed by atoms with E-state index in [0.29, 0.717) is 37.6 Å². The maximum atomic E-state index is 12.3. The van der Waals surface area contributed by atoms with Gasteiger partial charge in [-0.05, 0) is 36.2 Å². The molecule has 1 amide bonds. The molecule has 4 bridgehead atoms. The smallest absolute Gasteiger partial charge is 0.270 e. The number of nitrogens with zero attached hydrogens (tertiary/aromatic N) is 3. The summed E-state index contributed by atoms with van der Waals surface area (Å²) in [5, 5.41) is 10.5. The highest BCUT2D eigenvalue weighted by Gasteiger charge is 2.14. The van der Waals surface area contributed by atoms with Crippen molar-refractivity contribution in [2.24, 2.45) is 0 Å². The third kappa shape index (κ3) is 3.18. The van der Waals surface area contributed by atoms with Crippen LogP contribution in [0.5, 0.6) is 5.75 Å². The van der Waals surface area contributed by atoms with Crippen LogP contribution < -0.4 is 15.4 Å². The minimum atomic E-state index is -0.187. The third-order valence-electron chi connectivity index (χ3n) is 4.10. The number of ether oxygens (including phenoxy) is 1. The number of aryl methyl sites for hydroxylation is 1. The molecule has 0 saturated heterocycles.